The van der Waals surface area contributed by atoms with E-state index in [4.69, 9.17) is 10.8 Å². The lowest BCUT2D eigenvalue weighted by molar-refractivity contribution is -0.282. The van der Waals surface area contributed by atoms with Crippen LogP contribution >= 0.6 is 0 Å². The molecule has 4 nitrogen and oxygen atoms in total. The first-order valence-electron chi connectivity index (χ1n) is 4.81. The smallest absolute Gasteiger partial charge is 0.417 e. The summed E-state index contributed by atoms with van der Waals surface area (Å²) in [7, 11) is 0.984. The fourth-order valence-corrected chi connectivity index (χ4v) is 1.92. The number of carboxylic acids is 1. The van der Waals surface area contributed by atoms with E-state index >= 15 is 0 Å². The Morgan fingerprint density at radius 2 is 1.75 bits per heavy atom. The minimum atomic E-state index is -4.50. The van der Waals surface area contributed by atoms with Gasteiger partial charge in [0.2, 0.25) is 0 Å². The predicted molar refractivity (Wildman–Crippen MR) is 48.8 cm³/mol. The molecule has 1 aliphatic carbocycles. The van der Waals surface area contributed by atoms with Gasteiger partial charge in [-0.2, -0.15) is 13.2 Å². The normalized spacial score (nSPS) is 36.1. The summed E-state index contributed by atoms with van der Waals surface area (Å²) in [6.45, 7) is 0. The van der Waals surface area contributed by atoms with Gasteiger partial charge in [0.15, 0.2) is 5.60 Å². The first kappa shape index (κ1) is 13.2. The lowest BCUT2D eigenvalue weighted by Crippen LogP contribution is -2.58. The molecule has 1 aliphatic rings. The highest BCUT2D eigenvalue weighted by Crippen LogP contribution is 2.46. The molecule has 0 amide bonds. The lowest BCUT2D eigenvalue weighted by atomic mass is 9.74. The maximum atomic E-state index is 12.7. The summed E-state index contributed by atoms with van der Waals surface area (Å²) in [4.78, 5) is 10.8. The molecule has 0 bridgehead atoms. The SMILES string of the molecule is COC1(C(F)(F)F)CCC(N)(C(=O)O)CC1. The van der Waals surface area contributed by atoms with Gasteiger partial charge in [-0.25, -0.2) is 0 Å². The lowest BCUT2D eigenvalue weighted by Gasteiger charge is -2.42. The molecule has 16 heavy (non-hydrogen) atoms. The summed E-state index contributed by atoms with van der Waals surface area (Å²) in [6.07, 6.45) is -5.82. The first-order valence-corrected chi connectivity index (χ1v) is 4.81. The summed E-state index contributed by atoms with van der Waals surface area (Å²) in [5.74, 6) is -1.26. The number of carbonyl (C=O) groups is 1. The average Bonchev–Trinajstić information content (AvgIpc) is 2.17. The van der Waals surface area contributed by atoms with Crippen LogP contribution in [0.25, 0.3) is 0 Å². The van der Waals surface area contributed by atoms with E-state index in [1.807, 2.05) is 0 Å². The second-order valence-electron chi connectivity index (χ2n) is 4.16. The molecule has 1 fully saturated rings. The first-order chi connectivity index (χ1) is 7.17. The number of carboxylic acid groups (broad SMARTS) is 1. The zero-order chi connectivity index (χ0) is 12.6. The van der Waals surface area contributed by atoms with Crippen LogP contribution in [-0.2, 0) is 9.53 Å². The molecule has 7 heteroatoms. The highest BCUT2D eigenvalue weighted by Gasteiger charge is 2.59. The van der Waals surface area contributed by atoms with Crippen LogP contribution in [0.5, 0.6) is 0 Å². The number of hydrogen-bond acceptors (Lipinski definition) is 3. The highest BCUT2D eigenvalue weighted by atomic mass is 19.4. The van der Waals surface area contributed by atoms with Crippen molar-refractivity contribution in [1.82, 2.24) is 0 Å². The molecule has 0 spiro atoms. The zero-order valence-electron chi connectivity index (χ0n) is 8.80. The molecule has 0 saturated heterocycles. The topological polar surface area (TPSA) is 72.5 Å². The maximum absolute atomic E-state index is 12.7. The van der Waals surface area contributed by atoms with Crippen molar-refractivity contribution in [1.29, 1.82) is 0 Å². The number of aliphatic carboxylic acids is 1. The minimum Gasteiger partial charge on any atom is -0.480 e. The standard InChI is InChI=1S/C9H14F3NO3/c1-16-8(9(10,11)12)4-2-7(13,3-5-8)6(14)15/h2-5,13H2,1H3,(H,14,15). The van der Waals surface area contributed by atoms with E-state index in [2.05, 4.69) is 4.74 Å². The number of alkyl halides is 3. The Bertz CT molecular complexity index is 282. The fourth-order valence-electron chi connectivity index (χ4n) is 1.92. The summed E-state index contributed by atoms with van der Waals surface area (Å²) in [6, 6.07) is 0. The highest BCUT2D eigenvalue weighted by molar-refractivity contribution is 5.78. The number of ether oxygens (including phenoxy) is 1. The van der Waals surface area contributed by atoms with Gasteiger partial charge in [-0.15, -0.1) is 0 Å². The van der Waals surface area contributed by atoms with Crippen LogP contribution in [0.15, 0.2) is 0 Å². The van der Waals surface area contributed by atoms with E-state index in [0.29, 0.717) is 0 Å². The van der Waals surface area contributed by atoms with E-state index in [9.17, 15) is 18.0 Å². The van der Waals surface area contributed by atoms with Crippen molar-refractivity contribution in [3.8, 4) is 0 Å². The molecule has 0 heterocycles. The van der Waals surface area contributed by atoms with E-state index in [0.717, 1.165) is 7.11 Å². The molecule has 0 aromatic heterocycles. The van der Waals surface area contributed by atoms with E-state index in [-0.39, 0.29) is 12.8 Å². The molecule has 0 aliphatic heterocycles. The van der Waals surface area contributed by atoms with Crippen molar-refractivity contribution >= 4 is 5.97 Å². The zero-order valence-corrected chi connectivity index (χ0v) is 8.80. The van der Waals surface area contributed by atoms with Gasteiger partial charge in [0.05, 0.1) is 0 Å². The molecular formula is C9H14F3NO3. The number of methoxy groups -OCH3 is 1. The Morgan fingerprint density at radius 3 is 2.00 bits per heavy atom. The molecule has 1 saturated carbocycles. The van der Waals surface area contributed by atoms with Crippen molar-refractivity contribution in [2.24, 2.45) is 5.73 Å². The van der Waals surface area contributed by atoms with Crippen molar-refractivity contribution < 1.29 is 27.8 Å². The Balaban J connectivity index is 2.83. The molecule has 0 atom stereocenters. The Labute approximate surface area is 90.6 Å². The number of hydrogen-bond donors (Lipinski definition) is 2. The van der Waals surface area contributed by atoms with Crippen molar-refractivity contribution in [2.45, 2.75) is 43.0 Å². The molecule has 0 aromatic carbocycles. The quantitative estimate of drug-likeness (QED) is 0.764. The number of halogens is 3. The van der Waals surface area contributed by atoms with Crippen molar-refractivity contribution in [2.75, 3.05) is 7.11 Å². The molecule has 94 valence electrons. The van der Waals surface area contributed by atoms with Crippen LogP contribution in [0.2, 0.25) is 0 Å². The van der Waals surface area contributed by atoms with Gasteiger partial charge < -0.3 is 15.6 Å². The van der Waals surface area contributed by atoms with E-state index in [1.165, 1.54) is 0 Å². The third kappa shape index (κ3) is 2.01. The van der Waals surface area contributed by atoms with Crippen LogP contribution in [0, 0.1) is 0 Å². The maximum Gasteiger partial charge on any atom is 0.417 e. The second kappa shape index (κ2) is 3.89. The summed E-state index contributed by atoms with van der Waals surface area (Å²) < 4.78 is 42.8. The van der Waals surface area contributed by atoms with Gasteiger partial charge in [0.1, 0.15) is 5.54 Å². The van der Waals surface area contributed by atoms with E-state index < -0.39 is 36.1 Å². The van der Waals surface area contributed by atoms with Crippen LogP contribution in [0.3, 0.4) is 0 Å². The summed E-state index contributed by atoms with van der Waals surface area (Å²) in [5, 5.41) is 8.80. The summed E-state index contributed by atoms with van der Waals surface area (Å²) >= 11 is 0. The number of rotatable bonds is 2. The monoisotopic (exact) mass is 241 g/mol. The van der Waals surface area contributed by atoms with Crippen LogP contribution in [0.1, 0.15) is 25.7 Å². The molecule has 3 N–H and O–H groups in total. The summed E-state index contributed by atoms with van der Waals surface area (Å²) in [5.41, 5.74) is 1.69. The van der Waals surface area contributed by atoms with Crippen LogP contribution in [0.4, 0.5) is 13.2 Å². The minimum absolute atomic E-state index is 0.240. The molecule has 0 aromatic rings. The van der Waals surface area contributed by atoms with Crippen molar-refractivity contribution in [3.05, 3.63) is 0 Å². The largest absolute Gasteiger partial charge is 0.480 e. The van der Waals surface area contributed by atoms with Crippen LogP contribution < -0.4 is 5.73 Å². The molecule has 1 rings (SSSR count). The Morgan fingerprint density at radius 1 is 1.31 bits per heavy atom. The van der Waals surface area contributed by atoms with Gasteiger partial charge in [0, 0.05) is 7.11 Å². The fraction of sp³-hybridized carbons (Fsp3) is 0.889. The van der Waals surface area contributed by atoms with E-state index in [1.54, 1.807) is 0 Å². The van der Waals surface area contributed by atoms with Gasteiger partial charge in [0.25, 0.3) is 0 Å². The second-order valence-corrected chi connectivity index (χ2v) is 4.16. The van der Waals surface area contributed by atoms with Gasteiger partial charge in [-0.05, 0) is 25.7 Å². The third-order valence-corrected chi connectivity index (χ3v) is 3.28. The van der Waals surface area contributed by atoms with Gasteiger partial charge >= 0.3 is 12.1 Å². The van der Waals surface area contributed by atoms with Gasteiger partial charge in [-0.1, -0.05) is 0 Å². The van der Waals surface area contributed by atoms with Crippen molar-refractivity contribution in [3.63, 3.8) is 0 Å². The third-order valence-electron chi connectivity index (χ3n) is 3.28. The van der Waals surface area contributed by atoms with Gasteiger partial charge in [-0.3, -0.25) is 4.79 Å². The number of nitrogens with two attached hydrogens (primary N) is 1. The molecular weight excluding hydrogens is 227 g/mol. The Hall–Kier alpha value is -0.820. The Kier molecular flexibility index (Phi) is 3.22. The van der Waals surface area contributed by atoms with Crippen LogP contribution in [-0.4, -0.2) is 35.5 Å². The molecule has 0 radical (unpaired) electrons. The predicted octanol–water partition coefficient (Wildman–Crippen LogP) is 1.29. The molecule has 0 unspecified atom stereocenters. The average molecular weight is 241 g/mol.